The maximum absolute atomic E-state index is 11.2. The van der Waals surface area contributed by atoms with Gasteiger partial charge in [0, 0.05) is 38.2 Å². The Morgan fingerprint density at radius 3 is 1.90 bits per heavy atom. The summed E-state index contributed by atoms with van der Waals surface area (Å²) in [7, 11) is 0. The second-order valence-corrected chi connectivity index (χ2v) is 4.62. The van der Waals surface area contributed by atoms with Crippen LogP contribution in [0, 0.1) is 10.1 Å². The van der Waals surface area contributed by atoms with Crippen molar-refractivity contribution in [2.24, 2.45) is 0 Å². The second kappa shape index (κ2) is 7.18. The predicted octanol–water partition coefficient (Wildman–Crippen LogP) is 0.694. The number of carbonyl (C=O) groups is 2. The minimum atomic E-state index is -1.26. The first-order chi connectivity index (χ1) is 9.35. The lowest BCUT2D eigenvalue weighted by Gasteiger charge is -2.35. The molecule has 0 aromatic carbocycles. The highest BCUT2D eigenvalue weighted by atomic mass is 16.6. The largest absolute Gasteiger partial charge is 0.455 e. The Bertz CT molecular complexity index is 358. The van der Waals surface area contributed by atoms with Crippen molar-refractivity contribution < 1.29 is 28.7 Å². The number of nitrogens with zero attached hydrogens (tertiary/aromatic N) is 1. The SMILES string of the molecule is CCOC1CC(OC(C)=O)C([N+](=O)[O-])[C@@H](OC(C)=O)C1. The number of hydrogen-bond donors (Lipinski definition) is 0. The molecular weight excluding hydrogens is 270 g/mol. The molecular formula is C12H19NO7. The molecule has 4 atom stereocenters. The van der Waals surface area contributed by atoms with E-state index in [1.54, 1.807) is 6.92 Å². The van der Waals surface area contributed by atoms with E-state index in [1.165, 1.54) is 13.8 Å². The molecule has 0 spiro atoms. The fourth-order valence-electron chi connectivity index (χ4n) is 2.44. The molecule has 0 bridgehead atoms. The smallest absolute Gasteiger partial charge is 0.303 e. The first kappa shape index (κ1) is 16.4. The normalized spacial score (nSPS) is 29.6. The average Bonchev–Trinajstić information content (AvgIpc) is 2.26. The van der Waals surface area contributed by atoms with Gasteiger partial charge < -0.3 is 14.2 Å². The summed E-state index contributed by atoms with van der Waals surface area (Å²) in [4.78, 5) is 32.8. The van der Waals surface area contributed by atoms with Gasteiger partial charge in [-0.3, -0.25) is 19.7 Å². The molecule has 1 fully saturated rings. The second-order valence-electron chi connectivity index (χ2n) is 4.62. The maximum atomic E-state index is 11.2. The van der Waals surface area contributed by atoms with E-state index < -0.39 is 35.1 Å². The molecule has 3 unspecified atom stereocenters. The van der Waals surface area contributed by atoms with E-state index >= 15 is 0 Å². The van der Waals surface area contributed by atoms with Crippen molar-refractivity contribution in [3.8, 4) is 0 Å². The zero-order valence-corrected chi connectivity index (χ0v) is 11.7. The zero-order chi connectivity index (χ0) is 15.3. The van der Waals surface area contributed by atoms with Gasteiger partial charge in [0.2, 0.25) is 0 Å². The summed E-state index contributed by atoms with van der Waals surface area (Å²) in [6, 6.07) is -1.26. The van der Waals surface area contributed by atoms with Crippen LogP contribution in [0.1, 0.15) is 33.6 Å². The van der Waals surface area contributed by atoms with Crippen LogP contribution in [0.25, 0.3) is 0 Å². The Morgan fingerprint density at radius 2 is 1.60 bits per heavy atom. The summed E-state index contributed by atoms with van der Waals surface area (Å²) in [5.74, 6) is -1.22. The molecule has 8 heteroatoms. The van der Waals surface area contributed by atoms with Gasteiger partial charge in [-0.15, -0.1) is 0 Å². The van der Waals surface area contributed by atoms with Crippen LogP contribution in [0.15, 0.2) is 0 Å². The summed E-state index contributed by atoms with van der Waals surface area (Å²) >= 11 is 0. The van der Waals surface area contributed by atoms with Crippen LogP contribution in [0.2, 0.25) is 0 Å². The van der Waals surface area contributed by atoms with Crippen LogP contribution in [-0.2, 0) is 23.8 Å². The van der Waals surface area contributed by atoms with Gasteiger partial charge in [0.25, 0.3) is 6.04 Å². The van der Waals surface area contributed by atoms with E-state index in [-0.39, 0.29) is 18.9 Å². The molecule has 8 nitrogen and oxygen atoms in total. The molecule has 1 rings (SSSR count). The average molecular weight is 289 g/mol. The fourth-order valence-corrected chi connectivity index (χ4v) is 2.44. The van der Waals surface area contributed by atoms with Crippen LogP contribution >= 0.6 is 0 Å². The molecule has 1 saturated carbocycles. The lowest BCUT2D eigenvalue weighted by Crippen LogP contribution is -2.54. The standard InChI is InChI=1S/C12H19NO7/c1-4-18-9-5-10(19-7(2)14)12(13(16)17)11(6-9)20-8(3)15/h9-12H,4-6H2,1-3H3/t9?,10-,11?,12?/m0/s1. The molecule has 0 N–H and O–H groups in total. The zero-order valence-electron chi connectivity index (χ0n) is 11.7. The number of esters is 2. The van der Waals surface area contributed by atoms with Gasteiger partial charge in [0.1, 0.15) is 0 Å². The van der Waals surface area contributed by atoms with E-state index in [9.17, 15) is 19.7 Å². The molecule has 0 heterocycles. The van der Waals surface area contributed by atoms with E-state index in [1.807, 2.05) is 0 Å². The van der Waals surface area contributed by atoms with Crippen molar-refractivity contribution in [1.29, 1.82) is 0 Å². The van der Waals surface area contributed by atoms with E-state index in [2.05, 4.69) is 0 Å². The van der Waals surface area contributed by atoms with Gasteiger partial charge in [-0.05, 0) is 6.92 Å². The predicted molar refractivity (Wildman–Crippen MR) is 66.5 cm³/mol. The first-order valence-corrected chi connectivity index (χ1v) is 6.44. The number of nitro groups is 1. The number of rotatable bonds is 5. The van der Waals surface area contributed by atoms with Crippen LogP contribution < -0.4 is 0 Å². The quantitative estimate of drug-likeness (QED) is 0.416. The first-order valence-electron chi connectivity index (χ1n) is 6.44. The third kappa shape index (κ3) is 4.44. The van der Waals surface area contributed by atoms with Gasteiger partial charge in [0.05, 0.1) is 6.10 Å². The van der Waals surface area contributed by atoms with Crippen LogP contribution in [0.3, 0.4) is 0 Å². The van der Waals surface area contributed by atoms with E-state index in [0.29, 0.717) is 6.61 Å². The molecule has 0 aliphatic heterocycles. The van der Waals surface area contributed by atoms with Crippen molar-refractivity contribution >= 4 is 11.9 Å². The minimum absolute atomic E-state index is 0.219. The van der Waals surface area contributed by atoms with Crippen molar-refractivity contribution in [3.05, 3.63) is 10.1 Å². The Balaban J connectivity index is 2.93. The Morgan fingerprint density at radius 1 is 1.15 bits per heavy atom. The molecule has 0 saturated heterocycles. The highest BCUT2D eigenvalue weighted by Gasteiger charge is 2.49. The lowest BCUT2D eigenvalue weighted by atomic mass is 9.87. The van der Waals surface area contributed by atoms with E-state index in [4.69, 9.17) is 14.2 Å². The summed E-state index contributed by atoms with van der Waals surface area (Å²) in [5.41, 5.74) is 0. The van der Waals surface area contributed by atoms with Crippen molar-refractivity contribution in [1.82, 2.24) is 0 Å². The topological polar surface area (TPSA) is 105 Å². The van der Waals surface area contributed by atoms with Crippen LogP contribution in [0.5, 0.6) is 0 Å². The summed E-state index contributed by atoms with van der Waals surface area (Å²) in [6.45, 7) is 4.58. The molecule has 1 aliphatic carbocycles. The van der Waals surface area contributed by atoms with Crippen LogP contribution in [-0.4, -0.2) is 47.8 Å². The highest BCUT2D eigenvalue weighted by Crippen LogP contribution is 2.28. The Labute approximate surface area is 116 Å². The Kier molecular flexibility index (Phi) is 5.87. The summed E-state index contributed by atoms with van der Waals surface area (Å²) < 4.78 is 15.4. The van der Waals surface area contributed by atoms with Crippen LogP contribution in [0.4, 0.5) is 0 Å². The minimum Gasteiger partial charge on any atom is -0.455 e. The van der Waals surface area contributed by atoms with Gasteiger partial charge in [-0.25, -0.2) is 0 Å². The van der Waals surface area contributed by atoms with Gasteiger partial charge in [-0.1, -0.05) is 0 Å². The van der Waals surface area contributed by atoms with Gasteiger partial charge in [0.15, 0.2) is 12.2 Å². The molecule has 20 heavy (non-hydrogen) atoms. The summed E-state index contributed by atoms with van der Waals surface area (Å²) in [5, 5.41) is 11.2. The maximum Gasteiger partial charge on any atom is 0.303 e. The van der Waals surface area contributed by atoms with Gasteiger partial charge in [-0.2, -0.15) is 0 Å². The third-order valence-electron chi connectivity index (χ3n) is 3.03. The van der Waals surface area contributed by atoms with Crippen molar-refractivity contribution in [3.63, 3.8) is 0 Å². The summed E-state index contributed by atoms with van der Waals surface area (Å²) in [6.07, 6.45) is -1.83. The Hall–Kier alpha value is -1.70. The van der Waals surface area contributed by atoms with Crippen molar-refractivity contribution in [2.45, 2.75) is 58.0 Å². The highest BCUT2D eigenvalue weighted by molar-refractivity contribution is 5.67. The molecule has 0 aromatic rings. The number of carbonyl (C=O) groups excluding carboxylic acids is 2. The lowest BCUT2D eigenvalue weighted by molar-refractivity contribution is -0.549. The molecule has 0 aromatic heterocycles. The third-order valence-corrected chi connectivity index (χ3v) is 3.03. The van der Waals surface area contributed by atoms with Crippen molar-refractivity contribution in [2.75, 3.05) is 6.61 Å². The number of hydrogen-bond acceptors (Lipinski definition) is 7. The van der Waals surface area contributed by atoms with E-state index in [0.717, 1.165) is 0 Å². The molecule has 0 amide bonds. The molecule has 114 valence electrons. The van der Waals surface area contributed by atoms with Gasteiger partial charge >= 0.3 is 11.9 Å². The number of ether oxygens (including phenoxy) is 3. The molecule has 1 aliphatic rings. The fraction of sp³-hybridized carbons (Fsp3) is 0.833. The molecule has 0 radical (unpaired) electrons. The monoisotopic (exact) mass is 289 g/mol.